The van der Waals surface area contributed by atoms with E-state index in [9.17, 15) is 4.79 Å². The van der Waals surface area contributed by atoms with Gasteiger partial charge < -0.3 is 0 Å². The van der Waals surface area contributed by atoms with Crippen molar-refractivity contribution < 1.29 is 4.79 Å². The molecule has 100 valence electrons. The van der Waals surface area contributed by atoms with Crippen LogP contribution in [0.5, 0.6) is 0 Å². The van der Waals surface area contributed by atoms with Crippen LogP contribution in [0.15, 0.2) is 24.3 Å². The molecule has 1 rings (SSSR count). The third-order valence-electron chi connectivity index (χ3n) is 2.76. The maximum Gasteiger partial charge on any atom is 0.172 e. The second kappa shape index (κ2) is 6.42. The highest BCUT2D eigenvalue weighted by Gasteiger charge is 2.14. The maximum absolute atomic E-state index is 12.0. The van der Waals surface area contributed by atoms with Crippen molar-refractivity contribution in [3.05, 3.63) is 35.4 Å². The van der Waals surface area contributed by atoms with Crippen LogP contribution in [0.2, 0.25) is 0 Å². The highest BCUT2D eigenvalue weighted by molar-refractivity contribution is 7.99. The summed E-state index contributed by atoms with van der Waals surface area (Å²) in [7, 11) is 0. The van der Waals surface area contributed by atoms with E-state index in [4.69, 9.17) is 0 Å². The predicted molar refractivity (Wildman–Crippen MR) is 81.6 cm³/mol. The summed E-state index contributed by atoms with van der Waals surface area (Å²) in [6.45, 7) is 10.9. The van der Waals surface area contributed by atoms with E-state index in [2.05, 4.69) is 46.8 Å². The fourth-order valence-corrected chi connectivity index (χ4v) is 2.57. The molecule has 1 aromatic carbocycles. The first kappa shape index (κ1) is 15.3. The molecular formula is C16H24OS. The quantitative estimate of drug-likeness (QED) is 0.725. The van der Waals surface area contributed by atoms with Crippen molar-refractivity contribution in [1.82, 2.24) is 0 Å². The molecule has 0 bridgehead atoms. The first-order valence-corrected chi connectivity index (χ1v) is 7.67. The van der Waals surface area contributed by atoms with Gasteiger partial charge in [-0.1, -0.05) is 58.9 Å². The summed E-state index contributed by atoms with van der Waals surface area (Å²) in [6, 6.07) is 8.05. The molecule has 0 saturated heterocycles. The van der Waals surface area contributed by atoms with Crippen molar-refractivity contribution in [3.63, 3.8) is 0 Å². The first-order chi connectivity index (χ1) is 8.30. The highest BCUT2D eigenvalue weighted by Crippen LogP contribution is 2.22. The molecule has 0 spiro atoms. The van der Waals surface area contributed by atoms with E-state index in [0.29, 0.717) is 11.7 Å². The Balaban J connectivity index is 2.60. The van der Waals surface area contributed by atoms with Crippen LogP contribution >= 0.6 is 11.8 Å². The van der Waals surface area contributed by atoms with Crippen LogP contribution in [0.1, 0.15) is 50.5 Å². The number of Topliss-reactive ketones (excluding diaryl/α,β-unsaturated/α-hetero) is 1. The first-order valence-electron chi connectivity index (χ1n) is 6.52. The molecule has 0 unspecified atom stereocenters. The summed E-state index contributed by atoms with van der Waals surface area (Å²) in [5, 5.41) is 0. The second-order valence-electron chi connectivity index (χ2n) is 6.16. The Hall–Kier alpha value is -0.760. The Kier molecular flexibility index (Phi) is 5.46. The molecule has 0 amide bonds. The molecule has 0 aliphatic rings. The number of benzene rings is 1. The molecule has 0 heterocycles. The van der Waals surface area contributed by atoms with Crippen molar-refractivity contribution in [1.29, 1.82) is 0 Å². The molecule has 0 saturated carbocycles. The van der Waals surface area contributed by atoms with E-state index in [1.54, 1.807) is 11.8 Å². The van der Waals surface area contributed by atoms with Gasteiger partial charge in [0.15, 0.2) is 5.78 Å². The number of rotatable bonds is 5. The van der Waals surface area contributed by atoms with Crippen LogP contribution in [0.4, 0.5) is 0 Å². The zero-order valence-corrected chi connectivity index (χ0v) is 12.9. The summed E-state index contributed by atoms with van der Waals surface area (Å²) >= 11 is 1.72. The Morgan fingerprint density at radius 2 is 1.72 bits per heavy atom. The van der Waals surface area contributed by atoms with E-state index >= 15 is 0 Å². The monoisotopic (exact) mass is 264 g/mol. The average Bonchev–Trinajstić information content (AvgIpc) is 2.27. The minimum Gasteiger partial charge on any atom is -0.293 e. The fraction of sp³-hybridized carbons (Fsp3) is 0.562. The lowest BCUT2D eigenvalue weighted by molar-refractivity contribution is 0.102. The van der Waals surface area contributed by atoms with Gasteiger partial charge >= 0.3 is 0 Å². The Morgan fingerprint density at radius 1 is 1.17 bits per heavy atom. The SMILES string of the molecule is CC(C)CSCC(=O)c1ccc(C(C)(C)C)cc1. The van der Waals surface area contributed by atoms with Gasteiger partial charge in [-0.25, -0.2) is 0 Å². The normalized spacial score (nSPS) is 11.9. The van der Waals surface area contributed by atoms with E-state index in [1.807, 2.05) is 12.1 Å². The number of ketones is 1. The van der Waals surface area contributed by atoms with E-state index in [1.165, 1.54) is 5.56 Å². The molecule has 1 nitrogen and oxygen atoms in total. The topological polar surface area (TPSA) is 17.1 Å². The Labute approximate surface area is 115 Å². The van der Waals surface area contributed by atoms with Crippen molar-refractivity contribution in [3.8, 4) is 0 Å². The van der Waals surface area contributed by atoms with Gasteiger partial charge in [0.1, 0.15) is 0 Å². The standard InChI is InChI=1S/C16H24OS/c1-12(2)10-18-11-15(17)13-6-8-14(9-7-13)16(3,4)5/h6-9,12H,10-11H2,1-5H3. The highest BCUT2D eigenvalue weighted by atomic mass is 32.2. The fourth-order valence-electron chi connectivity index (χ4n) is 1.63. The molecule has 0 aliphatic carbocycles. The Bertz CT molecular complexity index is 385. The third kappa shape index (κ3) is 4.85. The van der Waals surface area contributed by atoms with E-state index in [-0.39, 0.29) is 11.2 Å². The zero-order valence-electron chi connectivity index (χ0n) is 12.1. The second-order valence-corrected chi connectivity index (χ2v) is 7.19. The van der Waals surface area contributed by atoms with Gasteiger partial charge in [0, 0.05) is 5.56 Å². The summed E-state index contributed by atoms with van der Waals surface area (Å²) in [5.74, 6) is 2.52. The van der Waals surface area contributed by atoms with Crippen LogP contribution in [-0.2, 0) is 5.41 Å². The van der Waals surface area contributed by atoms with Gasteiger partial charge in [0.25, 0.3) is 0 Å². The number of hydrogen-bond donors (Lipinski definition) is 0. The van der Waals surface area contributed by atoms with Crippen LogP contribution in [0.25, 0.3) is 0 Å². The molecule has 0 aliphatic heterocycles. The van der Waals surface area contributed by atoms with Crippen molar-refractivity contribution >= 4 is 17.5 Å². The van der Waals surface area contributed by atoms with Crippen LogP contribution in [0, 0.1) is 5.92 Å². The zero-order chi connectivity index (χ0) is 13.8. The largest absolute Gasteiger partial charge is 0.293 e. The molecular weight excluding hydrogens is 240 g/mol. The minimum atomic E-state index is 0.147. The third-order valence-corrected chi connectivity index (χ3v) is 4.13. The van der Waals surface area contributed by atoms with Gasteiger partial charge in [-0.05, 0) is 22.6 Å². The van der Waals surface area contributed by atoms with E-state index in [0.717, 1.165) is 11.3 Å². The van der Waals surface area contributed by atoms with Gasteiger partial charge in [-0.2, -0.15) is 11.8 Å². The molecule has 0 aromatic heterocycles. The molecule has 0 atom stereocenters. The lowest BCUT2D eigenvalue weighted by Gasteiger charge is -2.19. The smallest absolute Gasteiger partial charge is 0.172 e. The summed E-state index contributed by atoms with van der Waals surface area (Å²) < 4.78 is 0. The molecule has 1 aromatic rings. The molecule has 0 fully saturated rings. The molecule has 18 heavy (non-hydrogen) atoms. The molecule has 0 radical (unpaired) electrons. The average molecular weight is 264 g/mol. The van der Waals surface area contributed by atoms with E-state index < -0.39 is 0 Å². The minimum absolute atomic E-state index is 0.147. The van der Waals surface area contributed by atoms with Crippen molar-refractivity contribution in [2.24, 2.45) is 5.92 Å². The number of hydrogen-bond acceptors (Lipinski definition) is 2. The van der Waals surface area contributed by atoms with Gasteiger partial charge in [0.05, 0.1) is 5.75 Å². The van der Waals surface area contributed by atoms with Gasteiger partial charge in [-0.3, -0.25) is 4.79 Å². The number of carbonyl (C=O) groups excluding carboxylic acids is 1. The van der Waals surface area contributed by atoms with Crippen molar-refractivity contribution in [2.75, 3.05) is 11.5 Å². The van der Waals surface area contributed by atoms with Crippen LogP contribution < -0.4 is 0 Å². The van der Waals surface area contributed by atoms with Gasteiger partial charge in [0.2, 0.25) is 0 Å². The summed E-state index contributed by atoms with van der Waals surface area (Å²) in [6.07, 6.45) is 0. The molecule has 2 heteroatoms. The summed E-state index contributed by atoms with van der Waals surface area (Å²) in [5.41, 5.74) is 2.25. The lowest BCUT2D eigenvalue weighted by atomic mass is 9.86. The van der Waals surface area contributed by atoms with Crippen molar-refractivity contribution in [2.45, 2.75) is 40.0 Å². The number of carbonyl (C=O) groups is 1. The summed E-state index contributed by atoms with van der Waals surface area (Å²) in [4.78, 5) is 12.0. The van der Waals surface area contributed by atoms with Crippen LogP contribution in [-0.4, -0.2) is 17.3 Å². The maximum atomic E-state index is 12.0. The Morgan fingerprint density at radius 3 is 2.17 bits per heavy atom. The van der Waals surface area contributed by atoms with Crippen LogP contribution in [0.3, 0.4) is 0 Å². The predicted octanol–water partition coefficient (Wildman–Crippen LogP) is 4.56. The van der Waals surface area contributed by atoms with Gasteiger partial charge in [-0.15, -0.1) is 0 Å². The lowest BCUT2D eigenvalue weighted by Crippen LogP contribution is -2.11. The molecule has 0 N–H and O–H groups in total. The number of thioether (sulfide) groups is 1.